The van der Waals surface area contributed by atoms with Gasteiger partial charge in [0.25, 0.3) is 0 Å². The molecule has 166 valence electrons. The molecule has 0 spiro atoms. The molecule has 0 aromatic heterocycles. The quantitative estimate of drug-likeness (QED) is 0.651. The molecule has 1 fully saturated rings. The van der Waals surface area contributed by atoms with Crippen LogP contribution in [0.4, 0.5) is 0 Å². The first-order valence-electron chi connectivity index (χ1n) is 10.9. The van der Waals surface area contributed by atoms with E-state index >= 15 is 0 Å². The van der Waals surface area contributed by atoms with E-state index < -0.39 is 0 Å². The van der Waals surface area contributed by atoms with E-state index in [0.717, 1.165) is 42.7 Å². The molecule has 0 unspecified atom stereocenters. The van der Waals surface area contributed by atoms with Gasteiger partial charge in [-0.2, -0.15) is 0 Å². The van der Waals surface area contributed by atoms with Crippen LogP contribution in [0.15, 0.2) is 48.5 Å². The van der Waals surface area contributed by atoms with E-state index in [1.165, 1.54) is 7.11 Å². The lowest BCUT2D eigenvalue weighted by Gasteiger charge is -2.35. The Balaban J connectivity index is 1.55. The van der Waals surface area contributed by atoms with E-state index in [9.17, 15) is 9.59 Å². The summed E-state index contributed by atoms with van der Waals surface area (Å²) >= 11 is 0. The molecule has 0 radical (unpaired) electrons. The summed E-state index contributed by atoms with van der Waals surface area (Å²) in [6.07, 6.45) is 3.00. The van der Waals surface area contributed by atoms with Crippen molar-refractivity contribution in [2.45, 2.75) is 45.2 Å². The number of carbonyl (C=O) groups excluding carboxylic acids is 2. The van der Waals surface area contributed by atoms with Gasteiger partial charge in [-0.05, 0) is 62.6 Å². The third-order valence-electron chi connectivity index (χ3n) is 5.84. The summed E-state index contributed by atoms with van der Waals surface area (Å²) in [6.45, 7) is 6.16. The van der Waals surface area contributed by atoms with Gasteiger partial charge in [0.05, 0.1) is 24.8 Å². The number of nitrogens with one attached hydrogen (secondary N) is 1. The molecule has 6 nitrogen and oxygen atoms in total. The van der Waals surface area contributed by atoms with Crippen molar-refractivity contribution in [2.24, 2.45) is 0 Å². The Morgan fingerprint density at radius 3 is 2.58 bits per heavy atom. The van der Waals surface area contributed by atoms with Gasteiger partial charge in [-0.25, -0.2) is 4.79 Å². The number of nitrogens with zero attached hydrogens (tertiary/aromatic N) is 1. The normalized spacial score (nSPS) is 17.6. The number of rotatable bonds is 8. The molecule has 1 heterocycles. The molecule has 1 aliphatic rings. The number of hydrogen-bond acceptors (Lipinski definition) is 5. The highest BCUT2D eigenvalue weighted by molar-refractivity contribution is 5.89. The van der Waals surface area contributed by atoms with Gasteiger partial charge < -0.3 is 14.8 Å². The first kappa shape index (κ1) is 22.8. The third kappa shape index (κ3) is 6.07. The lowest BCUT2D eigenvalue weighted by atomic mass is 10.00. The van der Waals surface area contributed by atoms with Gasteiger partial charge in [0.1, 0.15) is 12.4 Å². The van der Waals surface area contributed by atoms with E-state index in [2.05, 4.69) is 10.2 Å². The second-order valence-electron chi connectivity index (χ2n) is 8.01. The van der Waals surface area contributed by atoms with Crippen LogP contribution >= 0.6 is 0 Å². The smallest absolute Gasteiger partial charge is 0.337 e. The zero-order valence-electron chi connectivity index (χ0n) is 18.6. The molecule has 0 aliphatic carbocycles. The largest absolute Gasteiger partial charge is 0.492 e. The summed E-state index contributed by atoms with van der Waals surface area (Å²) in [5, 5.41) is 3.14. The number of aryl methyl sites for hydroxylation is 1. The van der Waals surface area contributed by atoms with Crippen LogP contribution in [0.1, 0.15) is 53.7 Å². The second kappa shape index (κ2) is 11.0. The monoisotopic (exact) mass is 424 g/mol. The van der Waals surface area contributed by atoms with Crippen LogP contribution in [0.2, 0.25) is 0 Å². The number of amides is 1. The maximum Gasteiger partial charge on any atom is 0.337 e. The summed E-state index contributed by atoms with van der Waals surface area (Å²) in [4.78, 5) is 26.9. The van der Waals surface area contributed by atoms with E-state index in [-0.39, 0.29) is 24.0 Å². The van der Waals surface area contributed by atoms with Gasteiger partial charge in [-0.1, -0.05) is 36.8 Å². The van der Waals surface area contributed by atoms with Crippen LogP contribution in [-0.4, -0.2) is 49.6 Å². The fourth-order valence-corrected chi connectivity index (χ4v) is 3.97. The molecule has 2 aromatic rings. The number of likely N-dealkylation sites (tertiary alicyclic amines) is 1. The van der Waals surface area contributed by atoms with Crippen molar-refractivity contribution < 1.29 is 19.1 Å². The summed E-state index contributed by atoms with van der Waals surface area (Å²) in [5.74, 6) is 0.568. The number of carbonyl (C=O) groups is 2. The minimum atomic E-state index is -0.367. The molecule has 0 saturated carbocycles. The summed E-state index contributed by atoms with van der Waals surface area (Å²) in [7, 11) is 1.36. The van der Waals surface area contributed by atoms with Crippen LogP contribution in [0, 0.1) is 6.92 Å². The highest BCUT2D eigenvalue weighted by Gasteiger charge is 2.29. The average molecular weight is 425 g/mol. The Hall–Kier alpha value is -2.86. The Labute approximate surface area is 184 Å². The number of para-hydroxylation sites is 1. The Bertz CT molecular complexity index is 881. The van der Waals surface area contributed by atoms with Crippen molar-refractivity contribution in [1.82, 2.24) is 10.2 Å². The number of ether oxygens (including phenoxy) is 2. The van der Waals surface area contributed by atoms with E-state index in [0.29, 0.717) is 18.7 Å². The zero-order chi connectivity index (χ0) is 22.2. The van der Waals surface area contributed by atoms with Crippen LogP contribution in [0.3, 0.4) is 0 Å². The van der Waals surface area contributed by atoms with Crippen LogP contribution in [0.5, 0.6) is 5.75 Å². The maximum atomic E-state index is 13.0. The predicted molar refractivity (Wildman–Crippen MR) is 120 cm³/mol. The summed E-state index contributed by atoms with van der Waals surface area (Å²) in [5.41, 5.74) is 2.56. The molecule has 2 atom stereocenters. The highest BCUT2D eigenvalue weighted by Crippen LogP contribution is 2.21. The lowest BCUT2D eigenvalue weighted by Crippen LogP contribution is -2.51. The van der Waals surface area contributed by atoms with Crippen LogP contribution in [-0.2, 0) is 9.53 Å². The van der Waals surface area contributed by atoms with Crippen LogP contribution < -0.4 is 10.1 Å². The molecule has 31 heavy (non-hydrogen) atoms. The standard InChI is InChI=1S/C25H32N2O4/c1-18-8-4-5-10-23(18)31-17-16-27-15-7-6-9-22(27)24(28)26-19(2)20-11-13-21(14-12-20)25(29)30-3/h4-5,8,10-14,19,22H,6-7,9,15-17H2,1-3H3,(H,26,28)/t19-,22+/m0/s1. The first-order valence-corrected chi connectivity index (χ1v) is 10.9. The SMILES string of the molecule is COC(=O)c1ccc([C@H](C)NC(=O)[C@H]2CCCCN2CCOc2ccccc2C)cc1. The van der Waals surface area contributed by atoms with Crippen molar-refractivity contribution in [2.75, 3.05) is 26.8 Å². The van der Waals surface area contributed by atoms with E-state index in [4.69, 9.17) is 9.47 Å². The molecule has 6 heteroatoms. The van der Waals surface area contributed by atoms with E-state index in [1.807, 2.05) is 50.2 Å². The highest BCUT2D eigenvalue weighted by atomic mass is 16.5. The topological polar surface area (TPSA) is 67.9 Å². The number of methoxy groups -OCH3 is 1. The molecular formula is C25H32N2O4. The Morgan fingerprint density at radius 2 is 1.87 bits per heavy atom. The maximum absolute atomic E-state index is 13.0. The molecule has 1 saturated heterocycles. The van der Waals surface area contributed by atoms with Gasteiger partial charge in [-0.15, -0.1) is 0 Å². The minimum absolute atomic E-state index is 0.0418. The van der Waals surface area contributed by atoms with E-state index in [1.54, 1.807) is 12.1 Å². The number of benzene rings is 2. The fraction of sp³-hybridized carbons (Fsp3) is 0.440. The van der Waals surface area contributed by atoms with Crippen molar-refractivity contribution >= 4 is 11.9 Å². The number of piperidine rings is 1. The number of esters is 1. The molecule has 0 bridgehead atoms. The molecule has 1 N–H and O–H groups in total. The molecule has 1 aliphatic heterocycles. The minimum Gasteiger partial charge on any atom is -0.492 e. The predicted octanol–water partition coefficient (Wildman–Crippen LogP) is 3.89. The molecule has 3 rings (SSSR count). The molecule has 1 amide bonds. The van der Waals surface area contributed by atoms with Gasteiger partial charge in [-0.3, -0.25) is 9.69 Å². The van der Waals surface area contributed by atoms with Gasteiger partial charge in [0, 0.05) is 6.54 Å². The van der Waals surface area contributed by atoms with Gasteiger partial charge >= 0.3 is 5.97 Å². The van der Waals surface area contributed by atoms with Gasteiger partial charge in [0.2, 0.25) is 5.91 Å². The zero-order valence-corrected chi connectivity index (χ0v) is 18.6. The second-order valence-corrected chi connectivity index (χ2v) is 8.01. The average Bonchev–Trinajstić information content (AvgIpc) is 2.80. The van der Waals surface area contributed by atoms with Crippen molar-refractivity contribution in [3.05, 3.63) is 65.2 Å². The van der Waals surface area contributed by atoms with Gasteiger partial charge in [0.15, 0.2) is 0 Å². The van der Waals surface area contributed by atoms with Crippen LogP contribution in [0.25, 0.3) is 0 Å². The molecule has 2 aromatic carbocycles. The first-order chi connectivity index (χ1) is 15.0. The summed E-state index contributed by atoms with van der Waals surface area (Å²) < 4.78 is 10.7. The Kier molecular flexibility index (Phi) is 8.06. The number of hydrogen-bond donors (Lipinski definition) is 1. The van der Waals surface area contributed by atoms with Crippen molar-refractivity contribution in [3.63, 3.8) is 0 Å². The third-order valence-corrected chi connectivity index (χ3v) is 5.84. The van der Waals surface area contributed by atoms with Crippen molar-refractivity contribution in [1.29, 1.82) is 0 Å². The lowest BCUT2D eigenvalue weighted by molar-refractivity contribution is -0.128. The fourth-order valence-electron chi connectivity index (χ4n) is 3.97. The Morgan fingerprint density at radius 1 is 1.13 bits per heavy atom. The molecular weight excluding hydrogens is 392 g/mol. The van der Waals surface area contributed by atoms with Crippen molar-refractivity contribution in [3.8, 4) is 5.75 Å². The summed E-state index contributed by atoms with van der Waals surface area (Å²) in [6, 6.07) is 14.8.